The Morgan fingerprint density at radius 3 is 2.86 bits per heavy atom. The lowest BCUT2D eigenvalue weighted by Crippen LogP contribution is -1.95. The molecule has 1 aromatic rings. The van der Waals surface area contributed by atoms with Crippen LogP contribution in [0.15, 0.2) is 29.3 Å². The van der Waals surface area contributed by atoms with E-state index in [0.717, 1.165) is 15.6 Å². The van der Waals surface area contributed by atoms with Crippen LogP contribution in [-0.2, 0) is 11.2 Å². The molecule has 0 saturated heterocycles. The van der Waals surface area contributed by atoms with Crippen LogP contribution in [-0.4, -0.2) is 16.7 Å². The smallest absolute Gasteiger partial charge is 0.256 e. The van der Waals surface area contributed by atoms with Crippen LogP contribution >= 0.6 is 23.4 Å². The van der Waals surface area contributed by atoms with Gasteiger partial charge >= 0.3 is 0 Å². The summed E-state index contributed by atoms with van der Waals surface area (Å²) in [6.45, 7) is 0. The second-order valence-corrected chi connectivity index (χ2v) is 4.41. The highest BCUT2D eigenvalue weighted by Gasteiger charge is 2.15. The van der Waals surface area contributed by atoms with Gasteiger partial charge in [-0.3, -0.25) is 4.79 Å². The van der Waals surface area contributed by atoms with Crippen LogP contribution in [0.1, 0.15) is 5.56 Å². The Kier molecular flexibility index (Phi) is 2.89. The molecule has 14 heavy (non-hydrogen) atoms. The molecular formula is C10H8ClNOS. The van der Waals surface area contributed by atoms with E-state index in [-0.39, 0.29) is 5.91 Å². The maximum atomic E-state index is 10.9. The lowest BCUT2D eigenvalue weighted by atomic mass is 10.2. The first-order valence-electron chi connectivity index (χ1n) is 4.22. The molecule has 72 valence electrons. The van der Waals surface area contributed by atoms with E-state index in [2.05, 4.69) is 4.99 Å². The molecule has 0 aliphatic carbocycles. The fraction of sp³-hybridized carbons (Fsp3) is 0.200. The van der Waals surface area contributed by atoms with E-state index < -0.39 is 0 Å². The average Bonchev–Trinajstić information content (AvgIpc) is 2.56. The number of rotatable bonds is 2. The van der Waals surface area contributed by atoms with Gasteiger partial charge in [-0.1, -0.05) is 29.8 Å². The van der Waals surface area contributed by atoms with E-state index in [4.69, 9.17) is 11.6 Å². The first kappa shape index (κ1) is 9.74. The molecule has 0 atom stereocenters. The number of nitrogens with zero attached hydrogens (tertiary/aromatic N) is 1. The normalized spacial score (nSPS) is 15.8. The number of halogens is 1. The molecule has 1 amide bonds. The highest BCUT2D eigenvalue weighted by molar-refractivity contribution is 8.15. The zero-order chi connectivity index (χ0) is 9.97. The fourth-order valence-electron chi connectivity index (χ4n) is 1.24. The Morgan fingerprint density at radius 2 is 2.21 bits per heavy atom. The number of benzene rings is 1. The van der Waals surface area contributed by atoms with Crippen LogP contribution in [0.3, 0.4) is 0 Å². The Bertz CT molecular complexity index is 403. The van der Waals surface area contributed by atoms with Crippen LogP contribution < -0.4 is 0 Å². The standard InChI is InChI=1S/C10H8ClNOS/c11-8-4-2-1-3-7(8)5-10-12-9(13)6-14-10/h1-4H,5-6H2. The monoisotopic (exact) mass is 225 g/mol. The van der Waals surface area contributed by atoms with Gasteiger partial charge in [0.25, 0.3) is 5.91 Å². The number of carbonyl (C=O) groups excluding carboxylic acids is 1. The van der Waals surface area contributed by atoms with Crippen molar-refractivity contribution >= 4 is 34.3 Å². The summed E-state index contributed by atoms with van der Waals surface area (Å²) < 4.78 is 0. The minimum absolute atomic E-state index is 0.0444. The summed E-state index contributed by atoms with van der Waals surface area (Å²) in [5.41, 5.74) is 1.02. The van der Waals surface area contributed by atoms with Crippen molar-refractivity contribution in [2.24, 2.45) is 4.99 Å². The molecule has 1 aliphatic heterocycles. The van der Waals surface area contributed by atoms with Crippen LogP contribution in [0.25, 0.3) is 0 Å². The van der Waals surface area contributed by atoms with Crippen molar-refractivity contribution in [3.8, 4) is 0 Å². The van der Waals surface area contributed by atoms with Crippen molar-refractivity contribution < 1.29 is 4.79 Å². The van der Waals surface area contributed by atoms with Crippen LogP contribution in [0, 0.1) is 0 Å². The van der Waals surface area contributed by atoms with E-state index in [1.807, 2.05) is 24.3 Å². The Morgan fingerprint density at radius 1 is 1.43 bits per heavy atom. The number of carbonyl (C=O) groups is 1. The molecule has 0 aromatic heterocycles. The van der Waals surface area contributed by atoms with Crippen LogP contribution in [0.4, 0.5) is 0 Å². The van der Waals surface area contributed by atoms with E-state index in [1.54, 1.807) is 0 Å². The number of hydrogen-bond acceptors (Lipinski definition) is 2. The first-order chi connectivity index (χ1) is 6.75. The Balaban J connectivity index is 2.15. The van der Waals surface area contributed by atoms with Crippen LogP contribution in [0.2, 0.25) is 5.02 Å². The molecule has 0 fully saturated rings. The summed E-state index contributed by atoms with van der Waals surface area (Å²) in [4.78, 5) is 14.8. The third kappa shape index (κ3) is 2.16. The second kappa shape index (κ2) is 4.15. The summed E-state index contributed by atoms with van der Waals surface area (Å²) >= 11 is 7.49. The van der Waals surface area contributed by atoms with Gasteiger partial charge in [-0.05, 0) is 11.6 Å². The lowest BCUT2D eigenvalue weighted by molar-refractivity contribution is -0.115. The van der Waals surface area contributed by atoms with E-state index in [9.17, 15) is 4.79 Å². The molecule has 1 aromatic carbocycles. The number of hydrogen-bond donors (Lipinski definition) is 0. The molecule has 4 heteroatoms. The first-order valence-corrected chi connectivity index (χ1v) is 5.58. The highest BCUT2D eigenvalue weighted by Crippen LogP contribution is 2.21. The van der Waals surface area contributed by atoms with Gasteiger partial charge in [0.05, 0.1) is 10.8 Å². The predicted molar refractivity (Wildman–Crippen MR) is 60.1 cm³/mol. The highest BCUT2D eigenvalue weighted by atomic mass is 35.5. The van der Waals surface area contributed by atoms with Gasteiger partial charge in [-0.15, -0.1) is 11.8 Å². The van der Waals surface area contributed by atoms with E-state index in [0.29, 0.717) is 12.2 Å². The molecule has 2 nitrogen and oxygen atoms in total. The third-order valence-corrected chi connectivity index (χ3v) is 3.24. The number of aliphatic imine (C=N–C) groups is 1. The summed E-state index contributed by atoms with van der Waals surface area (Å²) in [7, 11) is 0. The molecule has 0 spiro atoms. The molecular weight excluding hydrogens is 218 g/mol. The number of thioether (sulfide) groups is 1. The van der Waals surface area contributed by atoms with Gasteiger partial charge in [0.1, 0.15) is 0 Å². The van der Waals surface area contributed by atoms with Crippen molar-refractivity contribution in [3.63, 3.8) is 0 Å². The fourth-order valence-corrected chi connectivity index (χ4v) is 2.23. The van der Waals surface area contributed by atoms with Gasteiger partial charge in [-0.25, -0.2) is 4.99 Å². The molecule has 0 N–H and O–H groups in total. The molecule has 1 aliphatic rings. The van der Waals surface area contributed by atoms with Gasteiger partial charge in [-0.2, -0.15) is 0 Å². The van der Waals surface area contributed by atoms with Gasteiger partial charge in [0.15, 0.2) is 0 Å². The van der Waals surface area contributed by atoms with Crippen LogP contribution in [0.5, 0.6) is 0 Å². The lowest BCUT2D eigenvalue weighted by Gasteiger charge is -2.01. The van der Waals surface area contributed by atoms with Gasteiger partial charge in [0, 0.05) is 11.4 Å². The van der Waals surface area contributed by atoms with Crippen molar-refractivity contribution in [1.82, 2.24) is 0 Å². The number of amides is 1. The van der Waals surface area contributed by atoms with Crippen molar-refractivity contribution in [1.29, 1.82) is 0 Å². The zero-order valence-electron chi connectivity index (χ0n) is 7.37. The van der Waals surface area contributed by atoms with Gasteiger partial charge < -0.3 is 0 Å². The Labute approximate surface area is 91.4 Å². The van der Waals surface area contributed by atoms with Crippen molar-refractivity contribution in [2.45, 2.75) is 6.42 Å². The van der Waals surface area contributed by atoms with E-state index in [1.165, 1.54) is 11.8 Å². The molecule has 0 saturated carbocycles. The second-order valence-electron chi connectivity index (χ2n) is 2.96. The summed E-state index contributed by atoms with van der Waals surface area (Å²) in [5, 5.41) is 1.60. The van der Waals surface area contributed by atoms with Gasteiger partial charge in [0.2, 0.25) is 0 Å². The third-order valence-electron chi connectivity index (χ3n) is 1.91. The van der Waals surface area contributed by atoms with E-state index >= 15 is 0 Å². The quantitative estimate of drug-likeness (QED) is 0.774. The molecule has 1 heterocycles. The average molecular weight is 226 g/mol. The maximum Gasteiger partial charge on any atom is 0.256 e. The minimum Gasteiger partial charge on any atom is -0.272 e. The molecule has 0 radical (unpaired) electrons. The topological polar surface area (TPSA) is 29.4 Å². The maximum absolute atomic E-state index is 10.9. The summed E-state index contributed by atoms with van der Waals surface area (Å²) in [5.74, 6) is 0.428. The Hall–Kier alpha value is -0.800. The molecule has 2 rings (SSSR count). The minimum atomic E-state index is -0.0444. The summed E-state index contributed by atoms with van der Waals surface area (Å²) in [6, 6.07) is 7.62. The van der Waals surface area contributed by atoms with Crippen molar-refractivity contribution in [3.05, 3.63) is 34.9 Å². The van der Waals surface area contributed by atoms with Crippen molar-refractivity contribution in [2.75, 3.05) is 5.75 Å². The predicted octanol–water partition coefficient (Wildman–Crippen LogP) is 2.55. The molecule has 0 bridgehead atoms. The zero-order valence-corrected chi connectivity index (χ0v) is 8.94. The molecule has 0 unspecified atom stereocenters. The SMILES string of the molecule is O=C1CSC(Cc2ccccc2Cl)=N1. The summed E-state index contributed by atoms with van der Waals surface area (Å²) in [6.07, 6.45) is 0.663. The largest absolute Gasteiger partial charge is 0.272 e.